The number of hydrogen-bond donors (Lipinski definition) is 1. The first kappa shape index (κ1) is 24.8. The Balaban J connectivity index is 1.36. The molecular formula is C27H34N8O2S. The number of carbonyl (C=O) groups excluding carboxylic acids is 2. The van der Waals surface area contributed by atoms with Crippen LogP contribution in [-0.4, -0.2) is 70.9 Å². The van der Waals surface area contributed by atoms with Crippen LogP contribution in [0.3, 0.4) is 0 Å². The topological polar surface area (TPSA) is 101 Å². The van der Waals surface area contributed by atoms with Crippen molar-refractivity contribution < 1.29 is 9.59 Å². The Bertz CT molecular complexity index is 1530. The number of imidazole rings is 1. The second-order valence-electron chi connectivity index (χ2n) is 10.7. The van der Waals surface area contributed by atoms with Gasteiger partial charge in [0.25, 0.3) is 5.91 Å². The van der Waals surface area contributed by atoms with Crippen LogP contribution in [0.25, 0.3) is 22.1 Å². The van der Waals surface area contributed by atoms with Crippen molar-refractivity contribution in [3.63, 3.8) is 0 Å². The maximum atomic E-state index is 13.8. The predicted octanol–water partition coefficient (Wildman–Crippen LogP) is 4.32. The number of rotatable bonds is 9. The van der Waals surface area contributed by atoms with Gasteiger partial charge in [-0.15, -0.1) is 11.3 Å². The first-order chi connectivity index (χ1) is 18.3. The standard InChI is InChI=1S/C27H34N8O2S/c1-6-34-20(26(37)35(16-7-8-16)17-9-10-17)12-19-23-22(29-14-32(23)4)24(30-25(19)34)31-27-28-13-18(38-27)11-21(36)33(5)15(2)3/h12-17H,6-11H2,1-5H3,(H,28,30,31). The zero-order chi connectivity index (χ0) is 26.7. The molecule has 200 valence electrons. The number of hydrogen-bond acceptors (Lipinski definition) is 7. The molecule has 2 saturated carbocycles. The van der Waals surface area contributed by atoms with Gasteiger partial charge in [-0.1, -0.05) is 0 Å². The molecule has 11 heteroatoms. The summed E-state index contributed by atoms with van der Waals surface area (Å²) in [6.45, 7) is 6.68. The van der Waals surface area contributed by atoms with E-state index in [1.807, 2.05) is 43.1 Å². The maximum Gasteiger partial charge on any atom is 0.271 e. The molecule has 0 atom stereocenters. The summed E-state index contributed by atoms with van der Waals surface area (Å²) in [6, 6.07) is 2.91. The van der Waals surface area contributed by atoms with Crippen molar-refractivity contribution in [2.75, 3.05) is 12.4 Å². The molecule has 0 unspecified atom stereocenters. The quantitative estimate of drug-likeness (QED) is 0.343. The molecule has 2 amide bonds. The van der Waals surface area contributed by atoms with Crippen LogP contribution in [0, 0.1) is 0 Å². The van der Waals surface area contributed by atoms with Gasteiger partial charge in [-0.3, -0.25) is 9.59 Å². The lowest BCUT2D eigenvalue weighted by Crippen LogP contribution is -2.36. The number of carbonyl (C=O) groups is 2. The number of amides is 2. The normalized spacial score (nSPS) is 15.5. The van der Waals surface area contributed by atoms with E-state index in [1.54, 1.807) is 17.4 Å². The number of anilines is 2. The van der Waals surface area contributed by atoms with Gasteiger partial charge in [-0.25, -0.2) is 15.0 Å². The third-order valence-corrected chi connectivity index (χ3v) is 8.54. The first-order valence-corrected chi connectivity index (χ1v) is 14.2. The van der Waals surface area contributed by atoms with E-state index in [9.17, 15) is 9.59 Å². The molecule has 2 aliphatic rings. The third-order valence-electron chi connectivity index (χ3n) is 7.63. The number of likely N-dealkylation sites (N-methyl/N-ethyl adjacent to an activating group) is 1. The van der Waals surface area contributed by atoms with Gasteiger partial charge in [0.2, 0.25) is 5.91 Å². The zero-order valence-electron chi connectivity index (χ0n) is 22.6. The molecular weight excluding hydrogens is 500 g/mol. The molecule has 4 aromatic rings. The van der Waals surface area contributed by atoms with Gasteiger partial charge >= 0.3 is 0 Å². The summed E-state index contributed by atoms with van der Waals surface area (Å²) >= 11 is 1.44. The highest BCUT2D eigenvalue weighted by molar-refractivity contribution is 7.15. The lowest BCUT2D eigenvalue weighted by atomic mass is 10.2. The van der Waals surface area contributed by atoms with Gasteiger partial charge in [-0.05, 0) is 52.5 Å². The van der Waals surface area contributed by atoms with Gasteiger partial charge in [0.05, 0.1) is 18.3 Å². The van der Waals surface area contributed by atoms with Crippen LogP contribution in [0.5, 0.6) is 0 Å². The minimum Gasteiger partial charge on any atom is -0.343 e. The minimum atomic E-state index is 0.0614. The largest absolute Gasteiger partial charge is 0.343 e. The van der Waals surface area contributed by atoms with Gasteiger partial charge in [-0.2, -0.15) is 0 Å². The lowest BCUT2D eigenvalue weighted by Gasteiger charge is -2.22. The van der Waals surface area contributed by atoms with Crippen LogP contribution in [0.4, 0.5) is 10.9 Å². The highest BCUT2D eigenvalue weighted by atomic mass is 32.1. The van der Waals surface area contributed by atoms with Crippen LogP contribution in [-0.2, 0) is 24.8 Å². The van der Waals surface area contributed by atoms with Crippen molar-refractivity contribution in [2.45, 2.75) is 77.5 Å². The molecule has 4 heterocycles. The molecule has 2 aliphatic carbocycles. The van der Waals surface area contributed by atoms with Crippen molar-refractivity contribution in [1.29, 1.82) is 0 Å². The third kappa shape index (κ3) is 4.32. The monoisotopic (exact) mass is 534 g/mol. The fraction of sp³-hybridized carbons (Fsp3) is 0.519. The Morgan fingerprint density at radius 1 is 1.18 bits per heavy atom. The molecule has 2 fully saturated rings. The molecule has 0 radical (unpaired) electrons. The highest BCUT2D eigenvalue weighted by Gasteiger charge is 2.43. The molecule has 0 saturated heterocycles. The van der Waals surface area contributed by atoms with Crippen LogP contribution in [0.1, 0.15) is 61.8 Å². The van der Waals surface area contributed by atoms with E-state index in [-0.39, 0.29) is 17.9 Å². The number of aromatic nitrogens is 5. The van der Waals surface area contributed by atoms with E-state index in [0.717, 1.165) is 52.6 Å². The summed E-state index contributed by atoms with van der Waals surface area (Å²) in [4.78, 5) is 45.2. The van der Waals surface area contributed by atoms with E-state index >= 15 is 0 Å². The number of aryl methyl sites for hydroxylation is 2. The fourth-order valence-corrected chi connectivity index (χ4v) is 5.88. The van der Waals surface area contributed by atoms with Gasteiger partial charge in [0.15, 0.2) is 10.9 Å². The fourth-order valence-electron chi connectivity index (χ4n) is 5.08. The summed E-state index contributed by atoms with van der Waals surface area (Å²) in [5.41, 5.74) is 3.10. The Labute approximate surface area is 225 Å². The first-order valence-electron chi connectivity index (χ1n) is 13.4. The number of nitrogens with one attached hydrogen (secondary N) is 1. The zero-order valence-corrected chi connectivity index (χ0v) is 23.4. The number of pyridine rings is 1. The van der Waals surface area contributed by atoms with Crippen molar-refractivity contribution >= 4 is 56.2 Å². The SMILES string of the molecule is CCn1c(C(=O)N(C2CC2)C2CC2)cc2c3c(ncn3C)c(Nc3ncc(CC(=O)N(C)C(C)C)s3)nc21. The Morgan fingerprint density at radius 3 is 2.53 bits per heavy atom. The molecule has 0 aliphatic heterocycles. The van der Waals surface area contributed by atoms with Crippen LogP contribution >= 0.6 is 11.3 Å². The molecule has 6 rings (SSSR count). The molecule has 38 heavy (non-hydrogen) atoms. The lowest BCUT2D eigenvalue weighted by molar-refractivity contribution is -0.130. The highest BCUT2D eigenvalue weighted by Crippen LogP contribution is 2.40. The Hall–Kier alpha value is -3.47. The number of fused-ring (bicyclic) bond motifs is 3. The summed E-state index contributed by atoms with van der Waals surface area (Å²) in [7, 11) is 3.78. The predicted molar refractivity (Wildman–Crippen MR) is 149 cm³/mol. The van der Waals surface area contributed by atoms with Crippen molar-refractivity contribution in [2.24, 2.45) is 7.05 Å². The summed E-state index contributed by atoms with van der Waals surface area (Å²) < 4.78 is 4.01. The Morgan fingerprint density at radius 2 is 1.89 bits per heavy atom. The second-order valence-corrected chi connectivity index (χ2v) is 11.8. The van der Waals surface area contributed by atoms with Gasteiger partial charge in [0.1, 0.15) is 16.9 Å². The van der Waals surface area contributed by atoms with E-state index in [4.69, 9.17) is 4.98 Å². The number of nitrogens with zero attached hydrogens (tertiary/aromatic N) is 7. The van der Waals surface area contributed by atoms with E-state index < -0.39 is 0 Å². The molecule has 1 N–H and O–H groups in total. The van der Waals surface area contributed by atoms with Crippen LogP contribution < -0.4 is 5.32 Å². The number of thiazole rings is 1. The van der Waals surface area contributed by atoms with Gasteiger partial charge in [0, 0.05) is 55.2 Å². The molecule has 0 spiro atoms. The Kier molecular flexibility index (Phi) is 6.13. The summed E-state index contributed by atoms with van der Waals surface area (Å²) in [5.74, 6) is 0.763. The van der Waals surface area contributed by atoms with Crippen LogP contribution in [0.15, 0.2) is 18.6 Å². The molecule has 0 aromatic carbocycles. The molecule has 10 nitrogen and oxygen atoms in total. The smallest absolute Gasteiger partial charge is 0.271 e. The van der Waals surface area contributed by atoms with E-state index in [0.29, 0.717) is 41.7 Å². The minimum absolute atomic E-state index is 0.0614. The van der Waals surface area contributed by atoms with E-state index in [1.165, 1.54) is 11.3 Å². The molecule has 0 bridgehead atoms. The molecule has 4 aromatic heterocycles. The van der Waals surface area contributed by atoms with Crippen molar-refractivity contribution in [3.05, 3.63) is 29.2 Å². The summed E-state index contributed by atoms with van der Waals surface area (Å²) in [5, 5.41) is 4.93. The summed E-state index contributed by atoms with van der Waals surface area (Å²) in [6.07, 6.45) is 8.22. The van der Waals surface area contributed by atoms with Crippen molar-refractivity contribution in [3.8, 4) is 0 Å². The average molecular weight is 535 g/mol. The maximum absolute atomic E-state index is 13.8. The van der Waals surface area contributed by atoms with Crippen LogP contribution in [0.2, 0.25) is 0 Å². The van der Waals surface area contributed by atoms with Crippen molar-refractivity contribution in [1.82, 2.24) is 33.9 Å². The van der Waals surface area contributed by atoms with E-state index in [2.05, 4.69) is 27.1 Å². The van der Waals surface area contributed by atoms with Gasteiger partial charge < -0.3 is 24.3 Å². The second kappa shape index (κ2) is 9.37. The average Bonchev–Trinajstić information content (AvgIpc) is 3.79.